The third kappa shape index (κ3) is 2.38. The maximum absolute atomic E-state index is 6.44. The van der Waals surface area contributed by atoms with E-state index in [1.165, 1.54) is 53.6 Å². The lowest BCUT2D eigenvalue weighted by Crippen LogP contribution is -2.14. The number of fused-ring (bicyclic) bond motifs is 6. The lowest BCUT2D eigenvalue weighted by molar-refractivity contribution is 0.660. The van der Waals surface area contributed by atoms with Gasteiger partial charge in [-0.2, -0.15) is 0 Å². The van der Waals surface area contributed by atoms with Crippen molar-refractivity contribution in [2.75, 3.05) is 0 Å². The van der Waals surface area contributed by atoms with Gasteiger partial charge in [0.1, 0.15) is 0 Å². The van der Waals surface area contributed by atoms with Gasteiger partial charge in [-0.1, -0.05) is 80.0 Å². The molecule has 140 valence electrons. The highest BCUT2D eigenvalue weighted by molar-refractivity contribution is 7.26. The van der Waals surface area contributed by atoms with E-state index in [2.05, 4.69) is 80.6 Å². The quantitative estimate of drug-likeness (QED) is 0.259. The molecule has 1 aliphatic carbocycles. The van der Waals surface area contributed by atoms with Crippen molar-refractivity contribution in [2.24, 2.45) is 0 Å². The Kier molecular flexibility index (Phi) is 3.54. The maximum atomic E-state index is 6.44. The molecule has 4 aromatic carbocycles. The van der Waals surface area contributed by atoms with Crippen LogP contribution in [-0.2, 0) is 5.41 Å². The lowest BCUT2D eigenvalue weighted by atomic mass is 9.81. The fourth-order valence-corrected chi connectivity index (χ4v) is 6.21. The summed E-state index contributed by atoms with van der Waals surface area (Å²) in [5, 5.41) is 3.36. The Bertz CT molecular complexity index is 1440. The summed E-state index contributed by atoms with van der Waals surface area (Å²) >= 11 is 8.21. The van der Waals surface area contributed by atoms with Gasteiger partial charge in [0.2, 0.25) is 0 Å². The fourth-order valence-electron chi connectivity index (χ4n) is 4.83. The van der Waals surface area contributed by atoms with Crippen LogP contribution in [0.2, 0.25) is 5.02 Å². The highest BCUT2D eigenvalue weighted by Crippen LogP contribution is 2.49. The van der Waals surface area contributed by atoms with Crippen LogP contribution < -0.4 is 0 Å². The molecule has 0 saturated carbocycles. The van der Waals surface area contributed by atoms with Gasteiger partial charge in [-0.15, -0.1) is 11.3 Å². The predicted octanol–water partition coefficient (Wildman–Crippen LogP) is 8.68. The molecule has 2 heteroatoms. The highest BCUT2D eigenvalue weighted by atomic mass is 35.5. The molecule has 0 nitrogen and oxygen atoms in total. The second kappa shape index (κ2) is 5.95. The highest BCUT2D eigenvalue weighted by Gasteiger charge is 2.35. The van der Waals surface area contributed by atoms with Crippen molar-refractivity contribution in [3.05, 3.63) is 95.0 Å². The Morgan fingerprint density at radius 3 is 2.34 bits per heavy atom. The third-order valence-corrected chi connectivity index (χ3v) is 8.01. The van der Waals surface area contributed by atoms with Crippen LogP contribution in [0.4, 0.5) is 0 Å². The minimum atomic E-state index is 0.0225. The lowest BCUT2D eigenvalue weighted by Gasteiger charge is -2.22. The minimum Gasteiger partial charge on any atom is -0.134 e. The van der Waals surface area contributed by atoms with Gasteiger partial charge < -0.3 is 0 Å². The zero-order valence-corrected chi connectivity index (χ0v) is 17.9. The molecule has 0 fully saturated rings. The standard InChI is InChI=1S/C27H19ClS/c1-27(2)22-8-4-3-6-18(22)19-12-10-17(15-23(19)27)16-11-13-25-21(14-16)20-7-5-9-24(28)26(20)29-25/h3-15H,1-2H3. The molecule has 0 saturated heterocycles. The Hall–Kier alpha value is -2.61. The first-order chi connectivity index (χ1) is 14.0. The van der Waals surface area contributed by atoms with E-state index in [-0.39, 0.29) is 5.41 Å². The summed E-state index contributed by atoms with van der Waals surface area (Å²) in [5.74, 6) is 0. The zero-order valence-electron chi connectivity index (χ0n) is 16.3. The van der Waals surface area contributed by atoms with Crippen molar-refractivity contribution < 1.29 is 0 Å². The van der Waals surface area contributed by atoms with Gasteiger partial charge in [-0.3, -0.25) is 0 Å². The summed E-state index contributed by atoms with van der Waals surface area (Å²) in [6.07, 6.45) is 0. The number of halogens is 1. The second-order valence-electron chi connectivity index (χ2n) is 8.36. The van der Waals surface area contributed by atoms with E-state index in [0.717, 1.165) is 5.02 Å². The number of hydrogen-bond acceptors (Lipinski definition) is 1. The number of benzene rings is 4. The zero-order chi connectivity index (χ0) is 19.8. The van der Waals surface area contributed by atoms with Crippen molar-refractivity contribution in [1.82, 2.24) is 0 Å². The van der Waals surface area contributed by atoms with Crippen LogP contribution >= 0.6 is 22.9 Å². The number of hydrogen-bond donors (Lipinski definition) is 0. The first-order valence-electron chi connectivity index (χ1n) is 9.89. The molecular formula is C27H19ClS. The molecule has 5 aromatic rings. The van der Waals surface area contributed by atoms with Crippen LogP contribution in [0, 0.1) is 0 Å². The topological polar surface area (TPSA) is 0 Å². The third-order valence-electron chi connectivity index (χ3n) is 6.37. The maximum Gasteiger partial charge on any atom is 0.0584 e. The Morgan fingerprint density at radius 2 is 1.45 bits per heavy atom. The molecule has 0 radical (unpaired) electrons. The molecule has 0 bridgehead atoms. The van der Waals surface area contributed by atoms with Crippen LogP contribution in [0.5, 0.6) is 0 Å². The smallest absolute Gasteiger partial charge is 0.0584 e. The molecule has 29 heavy (non-hydrogen) atoms. The molecule has 0 amide bonds. The SMILES string of the molecule is CC1(C)c2ccccc2-c2ccc(-c3ccc4sc5c(Cl)cccc5c4c3)cc21. The van der Waals surface area contributed by atoms with Gasteiger partial charge in [0.25, 0.3) is 0 Å². The summed E-state index contributed by atoms with van der Waals surface area (Å²) in [6.45, 7) is 4.66. The molecule has 0 atom stereocenters. The summed E-state index contributed by atoms with van der Waals surface area (Å²) in [7, 11) is 0. The van der Waals surface area contributed by atoms with Gasteiger partial charge in [-0.25, -0.2) is 0 Å². The molecule has 1 aliphatic rings. The van der Waals surface area contributed by atoms with Crippen molar-refractivity contribution in [2.45, 2.75) is 19.3 Å². The van der Waals surface area contributed by atoms with Crippen molar-refractivity contribution in [1.29, 1.82) is 0 Å². The molecule has 1 heterocycles. The van der Waals surface area contributed by atoms with E-state index < -0.39 is 0 Å². The molecular weight excluding hydrogens is 392 g/mol. The largest absolute Gasteiger partial charge is 0.134 e. The van der Waals surface area contributed by atoms with E-state index >= 15 is 0 Å². The summed E-state index contributed by atoms with van der Waals surface area (Å²) in [6, 6.07) is 28.7. The molecule has 0 aliphatic heterocycles. The Morgan fingerprint density at radius 1 is 0.690 bits per heavy atom. The van der Waals surface area contributed by atoms with Crippen molar-refractivity contribution in [3.63, 3.8) is 0 Å². The van der Waals surface area contributed by atoms with E-state index in [1.807, 2.05) is 12.1 Å². The predicted molar refractivity (Wildman–Crippen MR) is 127 cm³/mol. The monoisotopic (exact) mass is 410 g/mol. The van der Waals surface area contributed by atoms with Gasteiger partial charge in [0, 0.05) is 20.9 Å². The van der Waals surface area contributed by atoms with Crippen LogP contribution in [0.3, 0.4) is 0 Å². The average Bonchev–Trinajstić information content (AvgIpc) is 3.22. The van der Waals surface area contributed by atoms with Gasteiger partial charge in [-0.05, 0) is 57.6 Å². The van der Waals surface area contributed by atoms with E-state index in [0.29, 0.717) is 0 Å². The minimum absolute atomic E-state index is 0.0225. The molecule has 0 N–H and O–H groups in total. The summed E-state index contributed by atoms with van der Waals surface area (Å²) in [5.41, 5.74) is 8.11. The van der Waals surface area contributed by atoms with Crippen molar-refractivity contribution in [3.8, 4) is 22.3 Å². The van der Waals surface area contributed by atoms with E-state index in [9.17, 15) is 0 Å². The summed E-state index contributed by atoms with van der Waals surface area (Å²) in [4.78, 5) is 0. The number of thiophene rings is 1. The fraction of sp³-hybridized carbons (Fsp3) is 0.111. The first kappa shape index (κ1) is 17.3. The Labute approximate surface area is 179 Å². The number of rotatable bonds is 1. The van der Waals surface area contributed by atoms with Crippen LogP contribution in [0.15, 0.2) is 78.9 Å². The van der Waals surface area contributed by atoms with Crippen LogP contribution in [0.25, 0.3) is 42.4 Å². The van der Waals surface area contributed by atoms with Crippen LogP contribution in [-0.4, -0.2) is 0 Å². The van der Waals surface area contributed by atoms with Crippen LogP contribution in [0.1, 0.15) is 25.0 Å². The molecule has 6 rings (SSSR count). The van der Waals surface area contributed by atoms with Gasteiger partial charge >= 0.3 is 0 Å². The van der Waals surface area contributed by atoms with E-state index in [4.69, 9.17) is 11.6 Å². The first-order valence-corrected chi connectivity index (χ1v) is 11.1. The normalized spacial score (nSPS) is 14.3. The molecule has 0 unspecified atom stereocenters. The summed E-state index contributed by atoms with van der Waals surface area (Å²) < 4.78 is 2.46. The molecule has 1 aromatic heterocycles. The van der Waals surface area contributed by atoms with Gasteiger partial charge in [0.15, 0.2) is 0 Å². The second-order valence-corrected chi connectivity index (χ2v) is 9.82. The van der Waals surface area contributed by atoms with Gasteiger partial charge in [0.05, 0.1) is 9.72 Å². The Balaban J connectivity index is 1.55. The molecule has 0 spiro atoms. The average molecular weight is 411 g/mol. The van der Waals surface area contributed by atoms with Crippen molar-refractivity contribution >= 4 is 43.1 Å². The van der Waals surface area contributed by atoms with E-state index in [1.54, 1.807) is 11.3 Å².